The van der Waals surface area contributed by atoms with Gasteiger partial charge in [0.2, 0.25) is 0 Å². The molecule has 0 radical (unpaired) electrons. The van der Waals surface area contributed by atoms with Gasteiger partial charge in [-0.3, -0.25) is 0 Å². The SMILES string of the molecule is CC1=C2C[C@H](O)[C@@]3(C)CC[C@@H](O)C(C)=C3[C@H]2OC1=O. The van der Waals surface area contributed by atoms with Crippen LogP contribution in [0.1, 0.15) is 40.0 Å². The van der Waals surface area contributed by atoms with Crippen molar-refractivity contribution in [3.05, 3.63) is 22.3 Å². The van der Waals surface area contributed by atoms with Crippen molar-refractivity contribution in [2.24, 2.45) is 5.41 Å². The van der Waals surface area contributed by atoms with Gasteiger partial charge in [0, 0.05) is 11.0 Å². The van der Waals surface area contributed by atoms with Crippen molar-refractivity contribution >= 4 is 5.97 Å². The highest BCUT2D eigenvalue weighted by molar-refractivity contribution is 5.92. The minimum Gasteiger partial charge on any atom is -0.450 e. The summed E-state index contributed by atoms with van der Waals surface area (Å²) in [6, 6.07) is 0. The highest BCUT2D eigenvalue weighted by atomic mass is 16.5. The van der Waals surface area contributed by atoms with Crippen LogP contribution >= 0.6 is 0 Å². The summed E-state index contributed by atoms with van der Waals surface area (Å²) in [5, 5.41) is 20.6. The predicted molar refractivity (Wildman–Crippen MR) is 69.3 cm³/mol. The molecule has 4 atom stereocenters. The molecule has 1 aliphatic heterocycles. The third-order valence-corrected chi connectivity index (χ3v) is 5.22. The van der Waals surface area contributed by atoms with Crippen molar-refractivity contribution in [2.75, 3.05) is 0 Å². The average molecular weight is 264 g/mol. The molecule has 0 aromatic heterocycles. The van der Waals surface area contributed by atoms with Crippen LogP contribution in [0.3, 0.4) is 0 Å². The Morgan fingerprint density at radius 3 is 2.68 bits per heavy atom. The van der Waals surface area contributed by atoms with E-state index in [0.717, 1.165) is 23.1 Å². The molecule has 0 unspecified atom stereocenters. The zero-order valence-corrected chi connectivity index (χ0v) is 11.6. The lowest BCUT2D eigenvalue weighted by Gasteiger charge is -2.48. The zero-order chi connectivity index (χ0) is 13.9. The summed E-state index contributed by atoms with van der Waals surface area (Å²) in [4.78, 5) is 11.8. The quantitative estimate of drug-likeness (QED) is 0.513. The Morgan fingerprint density at radius 2 is 2.00 bits per heavy atom. The van der Waals surface area contributed by atoms with Crippen molar-refractivity contribution in [1.29, 1.82) is 0 Å². The Bertz CT molecular complexity index is 516. The van der Waals surface area contributed by atoms with Crippen LogP contribution in [0, 0.1) is 5.41 Å². The van der Waals surface area contributed by atoms with Gasteiger partial charge in [0.1, 0.15) is 6.10 Å². The van der Waals surface area contributed by atoms with E-state index < -0.39 is 12.2 Å². The summed E-state index contributed by atoms with van der Waals surface area (Å²) in [5.41, 5.74) is 2.90. The molecule has 1 saturated carbocycles. The zero-order valence-electron chi connectivity index (χ0n) is 11.6. The van der Waals surface area contributed by atoms with Gasteiger partial charge in [-0.2, -0.15) is 0 Å². The molecule has 0 amide bonds. The van der Waals surface area contributed by atoms with Gasteiger partial charge < -0.3 is 14.9 Å². The lowest BCUT2D eigenvalue weighted by molar-refractivity contribution is -0.140. The van der Waals surface area contributed by atoms with Gasteiger partial charge in [0.25, 0.3) is 0 Å². The van der Waals surface area contributed by atoms with Crippen LogP contribution in [0.25, 0.3) is 0 Å². The van der Waals surface area contributed by atoms with Crippen LogP contribution in [0.5, 0.6) is 0 Å². The number of ether oxygens (including phenoxy) is 1. The average Bonchev–Trinajstić information content (AvgIpc) is 2.63. The van der Waals surface area contributed by atoms with Gasteiger partial charge in [-0.1, -0.05) is 6.92 Å². The summed E-state index contributed by atoms with van der Waals surface area (Å²) in [5.74, 6) is -0.295. The molecule has 0 saturated heterocycles. The van der Waals surface area contributed by atoms with Crippen LogP contribution in [-0.2, 0) is 9.53 Å². The standard InChI is InChI=1S/C15H20O4/c1-7-9-6-11(17)15(3)5-4-10(16)8(2)12(15)13(9)19-14(7)18/h10-11,13,16-17H,4-6H2,1-3H3/t10-,11+,13+,15-/m1/s1. The maximum atomic E-state index is 11.8. The molecule has 3 aliphatic rings. The lowest BCUT2D eigenvalue weighted by atomic mass is 9.60. The van der Waals surface area contributed by atoms with Crippen LogP contribution < -0.4 is 0 Å². The largest absolute Gasteiger partial charge is 0.450 e. The number of aliphatic hydroxyl groups excluding tert-OH is 2. The van der Waals surface area contributed by atoms with Crippen LogP contribution in [0.2, 0.25) is 0 Å². The highest BCUT2D eigenvalue weighted by Gasteiger charge is 2.53. The van der Waals surface area contributed by atoms with Crippen molar-refractivity contribution in [2.45, 2.75) is 58.3 Å². The molecule has 4 nitrogen and oxygen atoms in total. The highest BCUT2D eigenvalue weighted by Crippen LogP contribution is 2.54. The number of hydrogen-bond donors (Lipinski definition) is 2. The molecular weight excluding hydrogens is 244 g/mol. The molecule has 1 heterocycles. The molecule has 2 N–H and O–H groups in total. The molecule has 1 fully saturated rings. The van der Waals surface area contributed by atoms with E-state index in [2.05, 4.69) is 0 Å². The maximum absolute atomic E-state index is 11.8. The summed E-state index contributed by atoms with van der Waals surface area (Å²) in [7, 11) is 0. The minimum absolute atomic E-state index is 0.295. The first-order chi connectivity index (χ1) is 8.86. The fraction of sp³-hybridized carbons (Fsp3) is 0.667. The second-order valence-corrected chi connectivity index (χ2v) is 6.22. The molecule has 0 aromatic rings. The second-order valence-electron chi connectivity index (χ2n) is 6.22. The summed E-state index contributed by atoms with van der Waals surface area (Å²) >= 11 is 0. The summed E-state index contributed by atoms with van der Waals surface area (Å²) in [6.07, 6.45) is 0.501. The predicted octanol–water partition coefficient (Wildman–Crippen LogP) is 1.47. The number of carbonyl (C=O) groups excluding carboxylic acids is 1. The Balaban J connectivity index is 2.18. The fourth-order valence-corrected chi connectivity index (χ4v) is 3.79. The van der Waals surface area contributed by atoms with Crippen molar-refractivity contribution in [1.82, 2.24) is 0 Å². The van der Waals surface area contributed by atoms with E-state index >= 15 is 0 Å². The number of rotatable bonds is 0. The first kappa shape index (κ1) is 12.9. The summed E-state index contributed by atoms with van der Waals surface area (Å²) < 4.78 is 5.49. The van der Waals surface area contributed by atoms with Gasteiger partial charge in [0.05, 0.1) is 12.2 Å². The van der Waals surface area contributed by atoms with Crippen LogP contribution in [0.15, 0.2) is 22.3 Å². The van der Waals surface area contributed by atoms with Crippen LogP contribution in [0.4, 0.5) is 0 Å². The van der Waals surface area contributed by atoms with Crippen molar-refractivity contribution < 1.29 is 19.7 Å². The third-order valence-electron chi connectivity index (χ3n) is 5.22. The van der Waals surface area contributed by atoms with Crippen LogP contribution in [-0.4, -0.2) is 34.5 Å². The second kappa shape index (κ2) is 3.93. The normalized spacial score (nSPS) is 42.2. The minimum atomic E-state index is -0.513. The monoisotopic (exact) mass is 264 g/mol. The van der Waals surface area contributed by atoms with Gasteiger partial charge in [-0.15, -0.1) is 0 Å². The molecule has 0 aromatic carbocycles. The Morgan fingerprint density at radius 1 is 1.32 bits per heavy atom. The molecule has 104 valence electrons. The van der Waals surface area contributed by atoms with E-state index in [1.165, 1.54) is 0 Å². The Kier molecular flexibility index (Phi) is 2.67. The molecule has 2 aliphatic carbocycles. The van der Waals surface area contributed by atoms with Gasteiger partial charge in [-0.05, 0) is 49.8 Å². The number of esters is 1. The number of carbonyl (C=O) groups is 1. The smallest absolute Gasteiger partial charge is 0.334 e. The number of hydrogen-bond acceptors (Lipinski definition) is 4. The van der Waals surface area contributed by atoms with E-state index in [0.29, 0.717) is 18.4 Å². The number of fused-ring (bicyclic) bond motifs is 3. The lowest BCUT2D eigenvalue weighted by Crippen LogP contribution is -2.48. The molecular formula is C15H20O4. The van der Waals surface area contributed by atoms with Crippen molar-refractivity contribution in [3.63, 3.8) is 0 Å². The Hall–Kier alpha value is -1.13. The molecule has 19 heavy (non-hydrogen) atoms. The number of aliphatic hydroxyl groups is 2. The van der Waals surface area contributed by atoms with E-state index in [1.807, 2.05) is 13.8 Å². The maximum Gasteiger partial charge on any atom is 0.334 e. The van der Waals surface area contributed by atoms with E-state index in [-0.39, 0.29) is 17.5 Å². The van der Waals surface area contributed by atoms with E-state index in [9.17, 15) is 15.0 Å². The fourth-order valence-electron chi connectivity index (χ4n) is 3.79. The third kappa shape index (κ3) is 1.56. The first-order valence-corrected chi connectivity index (χ1v) is 6.84. The summed E-state index contributed by atoms with van der Waals surface area (Å²) in [6.45, 7) is 5.65. The van der Waals surface area contributed by atoms with Gasteiger partial charge >= 0.3 is 5.97 Å². The molecule has 3 rings (SSSR count). The van der Waals surface area contributed by atoms with E-state index in [4.69, 9.17) is 4.74 Å². The van der Waals surface area contributed by atoms with Crippen molar-refractivity contribution in [3.8, 4) is 0 Å². The molecule has 0 bridgehead atoms. The van der Waals surface area contributed by atoms with Gasteiger partial charge in [0.15, 0.2) is 0 Å². The van der Waals surface area contributed by atoms with E-state index in [1.54, 1.807) is 6.92 Å². The Labute approximate surface area is 112 Å². The van der Waals surface area contributed by atoms with Gasteiger partial charge in [-0.25, -0.2) is 4.79 Å². The topological polar surface area (TPSA) is 66.8 Å². The molecule has 4 heteroatoms. The first-order valence-electron chi connectivity index (χ1n) is 6.84. The molecule has 0 spiro atoms.